The molecule has 2 atom stereocenters. The van der Waals surface area contributed by atoms with Gasteiger partial charge in [0.1, 0.15) is 0 Å². The maximum Gasteiger partial charge on any atom is 0.196 e. The van der Waals surface area contributed by atoms with Crippen LogP contribution >= 0.6 is 0 Å². The van der Waals surface area contributed by atoms with Crippen molar-refractivity contribution in [3.8, 4) is 0 Å². The Labute approximate surface area is 91.1 Å². The van der Waals surface area contributed by atoms with E-state index in [9.17, 15) is 18.3 Å². The minimum absolute atomic E-state index is 0.121. The molecule has 0 aliphatic heterocycles. The normalized spacial score (nSPS) is 28.7. The van der Waals surface area contributed by atoms with Crippen LogP contribution in [-0.4, -0.2) is 16.7 Å². The Balaban J connectivity index is 2.20. The highest BCUT2D eigenvalue weighted by atomic mass is 19.2. The van der Waals surface area contributed by atoms with Crippen molar-refractivity contribution < 1.29 is 18.3 Å². The molecule has 0 heterocycles. The van der Waals surface area contributed by atoms with Crippen LogP contribution in [0.25, 0.3) is 0 Å². The zero-order chi connectivity index (χ0) is 11.9. The molecular formula is C11H12F3NO. The molecule has 1 aliphatic rings. The van der Waals surface area contributed by atoms with Crippen molar-refractivity contribution in [2.45, 2.75) is 31.4 Å². The lowest BCUT2D eigenvalue weighted by atomic mass is 9.76. The van der Waals surface area contributed by atoms with Crippen LogP contribution in [0.2, 0.25) is 0 Å². The third kappa shape index (κ3) is 1.75. The summed E-state index contributed by atoms with van der Waals surface area (Å²) in [5.74, 6) is -3.96. The summed E-state index contributed by atoms with van der Waals surface area (Å²) in [4.78, 5) is 0. The van der Waals surface area contributed by atoms with E-state index in [0.717, 1.165) is 12.1 Å². The van der Waals surface area contributed by atoms with Crippen molar-refractivity contribution in [1.29, 1.82) is 0 Å². The maximum atomic E-state index is 13.3. The molecule has 1 saturated carbocycles. The standard InChI is InChI=1S/C11H12F3NO/c1-11(16)5-4-8(11)15-7-3-2-6(12)9(13)10(7)14/h2-3,8,15-16H,4-5H2,1H3/t8-,11-/m0/s1. The van der Waals surface area contributed by atoms with Gasteiger partial charge in [-0.05, 0) is 31.9 Å². The summed E-state index contributed by atoms with van der Waals surface area (Å²) in [6.45, 7) is 1.62. The highest BCUT2D eigenvalue weighted by molar-refractivity contribution is 5.47. The first-order chi connectivity index (χ1) is 7.42. The van der Waals surface area contributed by atoms with Crippen LogP contribution in [0.5, 0.6) is 0 Å². The van der Waals surface area contributed by atoms with Gasteiger partial charge >= 0.3 is 0 Å². The Kier molecular flexibility index (Phi) is 2.58. The summed E-state index contributed by atoms with van der Waals surface area (Å²) in [6.07, 6.45) is 1.28. The smallest absolute Gasteiger partial charge is 0.196 e. The van der Waals surface area contributed by atoms with Crippen molar-refractivity contribution >= 4 is 5.69 Å². The van der Waals surface area contributed by atoms with E-state index in [4.69, 9.17) is 0 Å². The largest absolute Gasteiger partial charge is 0.388 e. The summed E-state index contributed by atoms with van der Waals surface area (Å²) in [6, 6.07) is 1.66. The molecule has 1 fully saturated rings. The van der Waals surface area contributed by atoms with E-state index in [-0.39, 0.29) is 11.7 Å². The Morgan fingerprint density at radius 3 is 2.50 bits per heavy atom. The third-order valence-electron chi connectivity index (χ3n) is 3.05. The molecule has 0 saturated heterocycles. The Morgan fingerprint density at radius 1 is 1.31 bits per heavy atom. The molecule has 0 aromatic heterocycles. The number of anilines is 1. The van der Waals surface area contributed by atoms with Gasteiger partial charge < -0.3 is 10.4 Å². The van der Waals surface area contributed by atoms with Gasteiger partial charge in [-0.2, -0.15) is 0 Å². The number of rotatable bonds is 2. The lowest BCUT2D eigenvalue weighted by Crippen LogP contribution is -2.53. The molecule has 1 aliphatic carbocycles. The van der Waals surface area contributed by atoms with E-state index in [1.165, 1.54) is 0 Å². The predicted molar refractivity (Wildman–Crippen MR) is 53.6 cm³/mol. The molecule has 88 valence electrons. The van der Waals surface area contributed by atoms with Crippen molar-refractivity contribution in [1.82, 2.24) is 0 Å². The summed E-state index contributed by atoms with van der Waals surface area (Å²) in [5.41, 5.74) is -1.04. The molecule has 1 aromatic carbocycles. The van der Waals surface area contributed by atoms with Crippen LogP contribution in [0, 0.1) is 17.5 Å². The van der Waals surface area contributed by atoms with E-state index < -0.39 is 23.1 Å². The van der Waals surface area contributed by atoms with Gasteiger partial charge in [0.05, 0.1) is 17.3 Å². The number of hydrogen-bond donors (Lipinski definition) is 2. The quantitative estimate of drug-likeness (QED) is 0.766. The van der Waals surface area contributed by atoms with Gasteiger partial charge in [-0.1, -0.05) is 0 Å². The first-order valence-electron chi connectivity index (χ1n) is 5.04. The van der Waals surface area contributed by atoms with E-state index in [2.05, 4.69) is 5.32 Å². The number of nitrogens with one attached hydrogen (secondary N) is 1. The van der Waals surface area contributed by atoms with Crippen molar-refractivity contribution in [3.63, 3.8) is 0 Å². The van der Waals surface area contributed by atoms with Crippen LogP contribution < -0.4 is 5.32 Å². The Hall–Kier alpha value is -1.23. The molecule has 16 heavy (non-hydrogen) atoms. The summed E-state index contributed by atoms with van der Waals surface area (Å²) in [5, 5.41) is 12.4. The van der Waals surface area contributed by atoms with Crippen LogP contribution in [0.3, 0.4) is 0 Å². The first kappa shape index (κ1) is 11.3. The molecular weight excluding hydrogens is 219 g/mol. The van der Waals surface area contributed by atoms with Crippen molar-refractivity contribution in [2.75, 3.05) is 5.32 Å². The molecule has 0 bridgehead atoms. The van der Waals surface area contributed by atoms with Gasteiger partial charge in [-0.3, -0.25) is 0 Å². The van der Waals surface area contributed by atoms with Crippen molar-refractivity contribution in [2.24, 2.45) is 0 Å². The second-order valence-corrected chi connectivity index (χ2v) is 4.32. The predicted octanol–water partition coefficient (Wildman–Crippen LogP) is 2.43. The zero-order valence-electron chi connectivity index (χ0n) is 8.73. The monoisotopic (exact) mass is 231 g/mol. The topological polar surface area (TPSA) is 32.3 Å². The van der Waals surface area contributed by atoms with Gasteiger partial charge in [-0.25, -0.2) is 13.2 Å². The number of aliphatic hydroxyl groups is 1. The highest BCUT2D eigenvalue weighted by Crippen LogP contribution is 2.35. The molecule has 0 unspecified atom stereocenters. The maximum absolute atomic E-state index is 13.3. The summed E-state index contributed by atoms with van der Waals surface area (Å²) < 4.78 is 38.8. The van der Waals surface area contributed by atoms with Crippen molar-refractivity contribution in [3.05, 3.63) is 29.6 Å². The Bertz CT molecular complexity index is 420. The average molecular weight is 231 g/mol. The average Bonchev–Trinajstić information content (AvgIpc) is 2.23. The molecule has 5 heteroatoms. The number of halogens is 3. The summed E-state index contributed by atoms with van der Waals surface area (Å²) >= 11 is 0. The molecule has 2 rings (SSSR count). The van der Waals surface area contributed by atoms with Gasteiger partial charge in [0.25, 0.3) is 0 Å². The van der Waals surface area contributed by atoms with Crippen LogP contribution in [0.4, 0.5) is 18.9 Å². The van der Waals surface area contributed by atoms with Crippen LogP contribution in [-0.2, 0) is 0 Å². The fraction of sp³-hybridized carbons (Fsp3) is 0.455. The lowest BCUT2D eigenvalue weighted by molar-refractivity contribution is -0.0287. The second kappa shape index (κ2) is 3.66. The second-order valence-electron chi connectivity index (χ2n) is 4.32. The minimum Gasteiger partial charge on any atom is -0.388 e. The van der Waals surface area contributed by atoms with Gasteiger partial charge in [0.15, 0.2) is 17.5 Å². The molecule has 0 spiro atoms. The van der Waals surface area contributed by atoms with E-state index >= 15 is 0 Å². The first-order valence-corrected chi connectivity index (χ1v) is 5.04. The highest BCUT2D eigenvalue weighted by Gasteiger charge is 2.41. The molecule has 0 amide bonds. The fourth-order valence-corrected chi connectivity index (χ4v) is 1.76. The summed E-state index contributed by atoms with van der Waals surface area (Å²) in [7, 11) is 0. The molecule has 1 aromatic rings. The van der Waals surface area contributed by atoms with Crippen LogP contribution in [0.15, 0.2) is 12.1 Å². The third-order valence-corrected chi connectivity index (χ3v) is 3.05. The van der Waals surface area contributed by atoms with Gasteiger partial charge in [0, 0.05) is 0 Å². The lowest BCUT2D eigenvalue weighted by Gasteiger charge is -2.43. The molecule has 0 radical (unpaired) electrons. The number of benzene rings is 1. The van der Waals surface area contributed by atoms with E-state index in [0.29, 0.717) is 12.8 Å². The van der Waals surface area contributed by atoms with Crippen LogP contribution in [0.1, 0.15) is 19.8 Å². The number of hydrogen-bond acceptors (Lipinski definition) is 2. The zero-order valence-corrected chi connectivity index (χ0v) is 8.73. The fourth-order valence-electron chi connectivity index (χ4n) is 1.76. The molecule has 2 N–H and O–H groups in total. The van der Waals surface area contributed by atoms with E-state index in [1.54, 1.807) is 6.92 Å². The minimum atomic E-state index is -1.50. The van der Waals surface area contributed by atoms with Gasteiger partial charge in [0.2, 0.25) is 0 Å². The van der Waals surface area contributed by atoms with Gasteiger partial charge in [-0.15, -0.1) is 0 Å². The molecule has 2 nitrogen and oxygen atoms in total. The van der Waals surface area contributed by atoms with E-state index in [1.807, 2.05) is 0 Å². The SMILES string of the molecule is C[C@]1(O)CC[C@@H]1Nc1ccc(F)c(F)c1F. The Morgan fingerprint density at radius 2 is 2.00 bits per heavy atom.